The van der Waals surface area contributed by atoms with E-state index < -0.39 is 0 Å². The van der Waals surface area contributed by atoms with Crippen molar-refractivity contribution >= 4 is 0 Å². The van der Waals surface area contributed by atoms with Gasteiger partial charge in [-0.1, -0.05) is 84.1 Å². The lowest BCUT2D eigenvalue weighted by Crippen LogP contribution is -2.19. The highest BCUT2D eigenvalue weighted by atomic mass is 14.6. The minimum atomic E-state index is 0.177. The molecule has 0 spiro atoms. The maximum atomic E-state index is 6.41. The van der Waals surface area contributed by atoms with Crippen LogP contribution in [0.4, 0.5) is 0 Å². The molecule has 0 fully saturated rings. The first-order valence-electron chi connectivity index (χ1n) is 7.81. The lowest BCUT2D eigenvalue weighted by Gasteiger charge is -2.25. The molecule has 0 saturated heterocycles. The molecule has 0 heterocycles. The van der Waals surface area contributed by atoms with Crippen LogP contribution in [0.5, 0.6) is 0 Å². The molecule has 0 aliphatic heterocycles. The van der Waals surface area contributed by atoms with Crippen LogP contribution in [0.15, 0.2) is 24.3 Å². The van der Waals surface area contributed by atoms with Crippen molar-refractivity contribution in [1.29, 1.82) is 0 Å². The Kier molecular flexibility index (Phi) is 6.57. The molecule has 0 saturated carbocycles. The van der Waals surface area contributed by atoms with E-state index in [0.29, 0.717) is 0 Å². The van der Waals surface area contributed by atoms with Crippen molar-refractivity contribution in [2.45, 2.75) is 77.7 Å². The van der Waals surface area contributed by atoms with Gasteiger partial charge in [0.2, 0.25) is 0 Å². The monoisotopic (exact) mass is 261 g/mol. The van der Waals surface area contributed by atoms with Gasteiger partial charge in [-0.05, 0) is 23.0 Å². The molecule has 1 atom stereocenters. The first-order chi connectivity index (χ1) is 8.96. The largest absolute Gasteiger partial charge is 0.324 e. The molecular weight excluding hydrogens is 230 g/mol. The second-order valence-corrected chi connectivity index (χ2v) is 6.65. The third-order valence-corrected chi connectivity index (χ3v) is 3.79. The maximum absolute atomic E-state index is 6.41. The van der Waals surface area contributed by atoms with Crippen molar-refractivity contribution in [3.05, 3.63) is 35.4 Å². The molecule has 1 heteroatoms. The van der Waals surface area contributed by atoms with E-state index in [2.05, 4.69) is 52.0 Å². The van der Waals surface area contributed by atoms with Crippen LogP contribution in [0.1, 0.15) is 83.4 Å². The Morgan fingerprint density at radius 3 is 2.26 bits per heavy atom. The predicted molar refractivity (Wildman–Crippen MR) is 85.4 cm³/mol. The summed E-state index contributed by atoms with van der Waals surface area (Å²) in [7, 11) is 0. The van der Waals surface area contributed by atoms with E-state index >= 15 is 0 Å². The van der Waals surface area contributed by atoms with Gasteiger partial charge in [-0.15, -0.1) is 0 Å². The first-order valence-corrected chi connectivity index (χ1v) is 7.81. The number of hydrogen-bond donors (Lipinski definition) is 1. The van der Waals surface area contributed by atoms with Crippen LogP contribution in [-0.4, -0.2) is 0 Å². The second kappa shape index (κ2) is 7.69. The molecule has 1 aromatic carbocycles. The minimum absolute atomic E-state index is 0.177. The van der Waals surface area contributed by atoms with Crippen molar-refractivity contribution < 1.29 is 0 Å². The topological polar surface area (TPSA) is 26.0 Å². The summed E-state index contributed by atoms with van der Waals surface area (Å²) in [6.07, 6.45) is 7.69. The Morgan fingerprint density at radius 1 is 1.00 bits per heavy atom. The molecule has 0 radical (unpaired) electrons. The van der Waals surface area contributed by atoms with Crippen molar-refractivity contribution in [1.82, 2.24) is 0 Å². The van der Waals surface area contributed by atoms with Crippen molar-refractivity contribution in [2.24, 2.45) is 5.73 Å². The molecule has 1 unspecified atom stereocenters. The number of nitrogens with two attached hydrogens (primary N) is 1. The van der Waals surface area contributed by atoms with Crippen LogP contribution in [0.3, 0.4) is 0 Å². The van der Waals surface area contributed by atoms with Crippen molar-refractivity contribution in [2.75, 3.05) is 0 Å². The van der Waals surface area contributed by atoms with Gasteiger partial charge in [0, 0.05) is 6.04 Å². The highest BCUT2D eigenvalue weighted by Crippen LogP contribution is 2.30. The summed E-state index contributed by atoms with van der Waals surface area (Å²) in [6.45, 7) is 9.05. The number of benzene rings is 1. The van der Waals surface area contributed by atoms with Gasteiger partial charge in [0.25, 0.3) is 0 Å². The summed E-state index contributed by atoms with van der Waals surface area (Å²) < 4.78 is 0. The fourth-order valence-electron chi connectivity index (χ4n) is 2.63. The summed E-state index contributed by atoms with van der Waals surface area (Å²) in [4.78, 5) is 0. The van der Waals surface area contributed by atoms with E-state index in [1.165, 1.54) is 43.2 Å². The van der Waals surface area contributed by atoms with Gasteiger partial charge in [0.15, 0.2) is 0 Å². The van der Waals surface area contributed by atoms with E-state index in [9.17, 15) is 0 Å². The Morgan fingerprint density at radius 2 is 1.63 bits per heavy atom. The third kappa shape index (κ3) is 5.36. The van der Waals surface area contributed by atoms with Gasteiger partial charge < -0.3 is 5.73 Å². The van der Waals surface area contributed by atoms with E-state index in [-0.39, 0.29) is 11.5 Å². The van der Waals surface area contributed by atoms with Crippen LogP contribution in [0.2, 0.25) is 0 Å². The van der Waals surface area contributed by atoms with E-state index in [1.807, 2.05) is 0 Å². The molecule has 1 nitrogen and oxygen atoms in total. The quantitative estimate of drug-likeness (QED) is 0.658. The van der Waals surface area contributed by atoms with Crippen LogP contribution in [0, 0.1) is 0 Å². The summed E-state index contributed by atoms with van der Waals surface area (Å²) in [5, 5.41) is 0. The second-order valence-electron chi connectivity index (χ2n) is 6.65. The Labute approximate surface area is 119 Å². The molecule has 0 bridgehead atoms. The maximum Gasteiger partial charge on any atom is 0.0297 e. The van der Waals surface area contributed by atoms with Gasteiger partial charge in [0.05, 0.1) is 0 Å². The fraction of sp³-hybridized carbons (Fsp3) is 0.667. The molecule has 19 heavy (non-hydrogen) atoms. The van der Waals surface area contributed by atoms with E-state index in [4.69, 9.17) is 5.73 Å². The Balaban J connectivity index is 2.59. The predicted octanol–water partition coefficient (Wildman–Crippen LogP) is 5.34. The summed E-state index contributed by atoms with van der Waals surface area (Å²) >= 11 is 0. The molecule has 1 aromatic rings. The minimum Gasteiger partial charge on any atom is -0.324 e. The summed E-state index contributed by atoms with van der Waals surface area (Å²) in [6, 6.07) is 8.86. The fourth-order valence-corrected chi connectivity index (χ4v) is 2.63. The Hall–Kier alpha value is -0.820. The molecular formula is C18H31N. The van der Waals surface area contributed by atoms with Gasteiger partial charge >= 0.3 is 0 Å². The molecule has 0 aliphatic rings. The average Bonchev–Trinajstić information content (AvgIpc) is 2.37. The third-order valence-electron chi connectivity index (χ3n) is 3.79. The zero-order chi connectivity index (χ0) is 14.3. The number of rotatable bonds is 7. The molecule has 1 rings (SSSR count). The van der Waals surface area contributed by atoms with E-state index in [1.54, 1.807) is 0 Å². The normalized spacial score (nSPS) is 13.5. The highest BCUT2D eigenvalue weighted by Gasteiger charge is 2.20. The molecule has 108 valence electrons. The molecule has 2 N–H and O–H groups in total. The van der Waals surface area contributed by atoms with E-state index in [0.717, 1.165) is 6.42 Å². The van der Waals surface area contributed by atoms with Gasteiger partial charge in [0.1, 0.15) is 0 Å². The first kappa shape index (κ1) is 16.2. The van der Waals surface area contributed by atoms with Crippen LogP contribution < -0.4 is 5.73 Å². The van der Waals surface area contributed by atoms with Gasteiger partial charge in [-0.3, -0.25) is 0 Å². The van der Waals surface area contributed by atoms with Crippen LogP contribution >= 0.6 is 0 Å². The zero-order valence-corrected chi connectivity index (χ0v) is 13.2. The average molecular weight is 261 g/mol. The standard InChI is InChI=1S/C18H31N/c1-5-6-7-8-9-14-17(19)15-12-10-11-13-16(15)18(2,3)4/h10-13,17H,5-9,14,19H2,1-4H3. The molecule has 0 aliphatic carbocycles. The lowest BCUT2D eigenvalue weighted by atomic mass is 9.81. The number of unbranched alkanes of at least 4 members (excludes halogenated alkanes) is 4. The van der Waals surface area contributed by atoms with Gasteiger partial charge in [-0.25, -0.2) is 0 Å². The zero-order valence-electron chi connectivity index (χ0n) is 13.2. The van der Waals surface area contributed by atoms with Crippen LogP contribution in [-0.2, 0) is 5.41 Å². The Bertz CT molecular complexity index is 362. The van der Waals surface area contributed by atoms with Gasteiger partial charge in [-0.2, -0.15) is 0 Å². The lowest BCUT2D eigenvalue weighted by molar-refractivity contribution is 0.531. The van der Waals surface area contributed by atoms with Crippen molar-refractivity contribution in [3.8, 4) is 0 Å². The highest BCUT2D eigenvalue weighted by molar-refractivity contribution is 5.34. The summed E-state index contributed by atoms with van der Waals surface area (Å²) in [5.74, 6) is 0. The SMILES string of the molecule is CCCCCCCC(N)c1ccccc1C(C)(C)C. The summed E-state index contributed by atoms with van der Waals surface area (Å²) in [5.41, 5.74) is 9.32. The van der Waals surface area contributed by atoms with Crippen LogP contribution in [0.25, 0.3) is 0 Å². The molecule has 0 amide bonds. The smallest absolute Gasteiger partial charge is 0.0297 e. The van der Waals surface area contributed by atoms with Crippen molar-refractivity contribution in [3.63, 3.8) is 0 Å². The number of hydrogen-bond acceptors (Lipinski definition) is 1. The molecule has 0 aromatic heterocycles.